The number of hydrogen-bond acceptors (Lipinski definition) is 6. The summed E-state index contributed by atoms with van der Waals surface area (Å²) in [5, 5.41) is 9.92. The number of hydrazine groups is 2. The molecule has 3 rings (SSSR count). The molecular formula is C16H27N4O4P. The van der Waals surface area contributed by atoms with Crippen molar-refractivity contribution in [2.75, 3.05) is 59.2 Å². The van der Waals surface area contributed by atoms with E-state index in [1.54, 1.807) is 0 Å². The molecule has 1 aromatic rings. The van der Waals surface area contributed by atoms with E-state index in [0.717, 1.165) is 5.56 Å². The number of nitrogens with zero attached hydrogens (tertiary/aromatic N) is 2. The van der Waals surface area contributed by atoms with Crippen LogP contribution >= 0.6 is 7.67 Å². The lowest BCUT2D eigenvalue weighted by atomic mass is 10.2. The highest BCUT2D eigenvalue weighted by Crippen LogP contribution is 2.38. The van der Waals surface area contributed by atoms with Gasteiger partial charge in [-0.1, -0.05) is 30.3 Å². The van der Waals surface area contributed by atoms with E-state index in [1.165, 1.54) is 0 Å². The Morgan fingerprint density at radius 3 is 1.96 bits per heavy atom. The highest BCUT2D eigenvalue weighted by molar-refractivity contribution is 7.54. The maximum Gasteiger partial charge on any atom is 0.367 e. The van der Waals surface area contributed by atoms with Crippen molar-refractivity contribution in [1.82, 2.24) is 20.4 Å². The lowest BCUT2D eigenvalue weighted by Crippen LogP contribution is -2.51. The van der Waals surface area contributed by atoms with E-state index in [-0.39, 0.29) is 0 Å². The number of benzene rings is 1. The van der Waals surface area contributed by atoms with Crippen LogP contribution in [0.3, 0.4) is 0 Å². The van der Waals surface area contributed by atoms with Crippen molar-refractivity contribution >= 4 is 7.67 Å². The number of nitrogens with one attached hydrogen (secondary N) is 2. The van der Waals surface area contributed by atoms with Gasteiger partial charge in [0, 0.05) is 26.2 Å². The van der Waals surface area contributed by atoms with Crippen LogP contribution < -0.4 is 10.4 Å². The van der Waals surface area contributed by atoms with Gasteiger partial charge in [0.1, 0.15) is 0 Å². The van der Waals surface area contributed by atoms with Crippen molar-refractivity contribution in [2.45, 2.75) is 6.42 Å². The SMILES string of the molecule is O=P(NN1CCOCC1)(NN1CCOCC1)OCCc1ccccc1. The molecule has 2 saturated heterocycles. The van der Waals surface area contributed by atoms with Gasteiger partial charge in [0.2, 0.25) is 0 Å². The molecule has 0 bridgehead atoms. The Hall–Kier alpha value is -0.830. The fraction of sp³-hybridized carbons (Fsp3) is 0.625. The molecule has 9 heteroatoms. The van der Waals surface area contributed by atoms with E-state index >= 15 is 0 Å². The predicted octanol–water partition coefficient (Wildman–Crippen LogP) is 1.03. The smallest absolute Gasteiger partial charge is 0.367 e. The second-order valence-corrected chi connectivity index (χ2v) is 7.78. The first-order chi connectivity index (χ1) is 12.2. The molecule has 0 spiro atoms. The number of morpholine rings is 2. The zero-order valence-electron chi connectivity index (χ0n) is 14.4. The third-order valence-corrected chi connectivity index (χ3v) is 5.71. The quantitative estimate of drug-likeness (QED) is 0.658. The average molecular weight is 370 g/mol. The molecule has 0 radical (unpaired) electrons. The molecule has 2 N–H and O–H groups in total. The summed E-state index contributed by atoms with van der Waals surface area (Å²) in [6, 6.07) is 10.0. The zero-order chi connectivity index (χ0) is 17.4. The van der Waals surface area contributed by atoms with E-state index in [1.807, 2.05) is 40.3 Å². The lowest BCUT2D eigenvalue weighted by molar-refractivity contribution is 0.0128. The molecule has 2 heterocycles. The van der Waals surface area contributed by atoms with Gasteiger partial charge < -0.3 is 14.0 Å². The molecule has 8 nitrogen and oxygen atoms in total. The molecule has 2 fully saturated rings. The van der Waals surface area contributed by atoms with Gasteiger partial charge in [0.15, 0.2) is 0 Å². The molecular weight excluding hydrogens is 343 g/mol. The molecule has 1 aromatic carbocycles. The molecule has 2 aliphatic heterocycles. The van der Waals surface area contributed by atoms with Crippen molar-refractivity contribution in [2.24, 2.45) is 0 Å². The molecule has 0 aromatic heterocycles. The summed E-state index contributed by atoms with van der Waals surface area (Å²) in [5.41, 5.74) is 1.16. The summed E-state index contributed by atoms with van der Waals surface area (Å²) in [7, 11) is -3.25. The van der Waals surface area contributed by atoms with E-state index in [0.29, 0.717) is 65.6 Å². The Morgan fingerprint density at radius 2 is 1.44 bits per heavy atom. The van der Waals surface area contributed by atoms with Gasteiger partial charge in [0.05, 0.1) is 33.0 Å². The summed E-state index contributed by atoms with van der Waals surface area (Å²) < 4.78 is 29.8. The number of ether oxygens (including phenoxy) is 2. The van der Waals surface area contributed by atoms with Gasteiger partial charge in [-0.3, -0.25) is 4.57 Å². The first kappa shape index (κ1) is 18.9. The average Bonchev–Trinajstić information content (AvgIpc) is 2.64. The number of rotatable bonds is 8. The van der Waals surface area contributed by atoms with Crippen molar-refractivity contribution < 1.29 is 18.6 Å². The van der Waals surface area contributed by atoms with Crippen molar-refractivity contribution in [3.05, 3.63) is 35.9 Å². The largest absolute Gasteiger partial charge is 0.379 e. The molecule has 140 valence electrons. The highest BCUT2D eigenvalue weighted by atomic mass is 31.2. The summed E-state index contributed by atoms with van der Waals surface area (Å²) in [5.74, 6) is 0. The normalized spacial score (nSPS) is 20.6. The Bertz CT molecular complexity index is 526. The van der Waals surface area contributed by atoms with Crippen LogP contribution in [0, 0.1) is 0 Å². The summed E-state index contributed by atoms with van der Waals surface area (Å²) in [4.78, 5) is 0. The third kappa shape index (κ3) is 6.44. The second kappa shape index (κ2) is 9.75. The topological polar surface area (TPSA) is 75.3 Å². The number of hydrogen-bond donors (Lipinski definition) is 2. The van der Waals surface area contributed by atoms with Gasteiger partial charge in [-0.05, 0) is 12.0 Å². The fourth-order valence-electron chi connectivity index (χ4n) is 2.72. The molecule has 0 saturated carbocycles. The maximum absolute atomic E-state index is 13.3. The first-order valence-corrected chi connectivity index (χ1v) is 10.4. The Morgan fingerprint density at radius 1 is 0.920 bits per heavy atom. The molecule has 0 atom stereocenters. The van der Waals surface area contributed by atoms with Crippen molar-refractivity contribution in [1.29, 1.82) is 0 Å². The molecule has 25 heavy (non-hydrogen) atoms. The second-order valence-electron chi connectivity index (χ2n) is 6.02. The van der Waals surface area contributed by atoms with Gasteiger partial charge in [0.25, 0.3) is 0 Å². The molecule has 0 aliphatic carbocycles. The standard InChI is InChI=1S/C16H27N4O4P/c21-25(17-19-7-12-22-13-8-19,18-20-9-14-23-15-10-20)24-11-6-16-4-2-1-3-5-16/h1-5H,6-15H2,(H2,17,18,21). The van der Waals surface area contributed by atoms with E-state index in [4.69, 9.17) is 14.0 Å². The Balaban J connectivity index is 1.56. The monoisotopic (exact) mass is 370 g/mol. The molecule has 0 unspecified atom stereocenters. The zero-order valence-corrected chi connectivity index (χ0v) is 15.3. The van der Waals surface area contributed by atoms with Gasteiger partial charge in [-0.25, -0.2) is 10.0 Å². The maximum atomic E-state index is 13.3. The van der Waals surface area contributed by atoms with Crippen LogP contribution in [0.4, 0.5) is 0 Å². The van der Waals surface area contributed by atoms with Crippen LogP contribution in [0.25, 0.3) is 0 Å². The highest BCUT2D eigenvalue weighted by Gasteiger charge is 2.30. The minimum absolute atomic E-state index is 0.371. The third-order valence-electron chi connectivity index (χ3n) is 4.07. The molecule has 2 aliphatic rings. The first-order valence-electron chi connectivity index (χ1n) is 8.73. The van der Waals surface area contributed by atoms with Gasteiger partial charge in [-0.15, -0.1) is 0 Å². The Labute approximate surface area is 148 Å². The van der Waals surface area contributed by atoms with Crippen LogP contribution in [-0.2, 0) is 25.0 Å². The van der Waals surface area contributed by atoms with Crippen LogP contribution in [0.1, 0.15) is 5.56 Å². The van der Waals surface area contributed by atoms with Crippen molar-refractivity contribution in [3.8, 4) is 0 Å². The van der Waals surface area contributed by atoms with Gasteiger partial charge in [-0.2, -0.15) is 10.4 Å². The van der Waals surface area contributed by atoms with Crippen LogP contribution in [-0.4, -0.2) is 69.2 Å². The van der Waals surface area contributed by atoms with Gasteiger partial charge >= 0.3 is 7.67 Å². The van der Waals surface area contributed by atoms with Crippen molar-refractivity contribution in [3.63, 3.8) is 0 Å². The van der Waals surface area contributed by atoms with Crippen LogP contribution in [0.2, 0.25) is 0 Å². The van der Waals surface area contributed by atoms with E-state index < -0.39 is 7.67 Å². The predicted molar refractivity (Wildman–Crippen MR) is 94.8 cm³/mol. The lowest BCUT2D eigenvalue weighted by Gasteiger charge is -2.35. The Kier molecular flexibility index (Phi) is 7.39. The van der Waals surface area contributed by atoms with E-state index in [2.05, 4.69) is 10.4 Å². The summed E-state index contributed by atoms with van der Waals surface area (Å²) >= 11 is 0. The molecule has 0 amide bonds. The summed E-state index contributed by atoms with van der Waals surface area (Å²) in [6.45, 7) is 5.56. The van der Waals surface area contributed by atoms with Crippen LogP contribution in [0.5, 0.6) is 0 Å². The van der Waals surface area contributed by atoms with Crippen LogP contribution in [0.15, 0.2) is 30.3 Å². The fourth-order valence-corrected chi connectivity index (χ4v) is 4.37. The minimum atomic E-state index is -3.25. The summed E-state index contributed by atoms with van der Waals surface area (Å²) in [6.07, 6.45) is 0.709. The van der Waals surface area contributed by atoms with E-state index in [9.17, 15) is 4.57 Å². The minimum Gasteiger partial charge on any atom is -0.379 e.